The second-order valence-electron chi connectivity index (χ2n) is 6.45. The Balaban J connectivity index is 1.66. The Morgan fingerprint density at radius 1 is 0.889 bits per heavy atom. The lowest BCUT2D eigenvalue weighted by Crippen LogP contribution is -2.20. The van der Waals surface area contributed by atoms with Gasteiger partial charge in [0.2, 0.25) is 0 Å². The molecule has 3 rings (SSSR count). The quantitative estimate of drug-likeness (QED) is 0.637. The summed E-state index contributed by atoms with van der Waals surface area (Å²) in [5, 5.41) is 2.86. The Morgan fingerprint density at radius 3 is 2.37 bits per heavy atom. The Morgan fingerprint density at radius 2 is 1.59 bits per heavy atom. The van der Waals surface area contributed by atoms with Gasteiger partial charge in [0, 0.05) is 0 Å². The van der Waals surface area contributed by atoms with Gasteiger partial charge in [0.1, 0.15) is 11.5 Å². The molecule has 0 unspecified atom stereocenters. The molecule has 0 spiro atoms. The third-order valence-electron chi connectivity index (χ3n) is 4.25. The second kappa shape index (κ2) is 8.41. The number of carbonyl (C=O) groups excluding carboxylic acids is 1. The number of nitrogens with one attached hydrogen (secondary N) is 1. The normalized spacial score (nSPS) is 10.3. The Kier molecular flexibility index (Phi) is 5.77. The number of hydrogen-bond donors (Lipinski definition) is 1. The van der Waals surface area contributed by atoms with Crippen LogP contribution in [0.1, 0.15) is 16.7 Å². The topological polar surface area (TPSA) is 47.6 Å². The Labute approximate surface area is 159 Å². The van der Waals surface area contributed by atoms with Gasteiger partial charge in [0.15, 0.2) is 12.4 Å². The second-order valence-corrected chi connectivity index (χ2v) is 6.45. The van der Waals surface area contributed by atoms with E-state index in [1.54, 1.807) is 6.07 Å². The Hall–Kier alpha value is -3.27. The number of amides is 1. The standard InChI is InChI=1S/C23H23NO3/c1-16-13-17(2)18(3)22(14-16)26-15-23(25)24-20-11-7-8-12-21(20)27-19-9-5-4-6-10-19/h4-14H,15H2,1-3H3,(H,24,25). The third kappa shape index (κ3) is 4.88. The highest BCUT2D eigenvalue weighted by Gasteiger charge is 2.11. The molecule has 4 nitrogen and oxygen atoms in total. The maximum absolute atomic E-state index is 12.4. The average molecular weight is 361 g/mol. The van der Waals surface area contributed by atoms with Gasteiger partial charge in [-0.05, 0) is 67.8 Å². The summed E-state index contributed by atoms with van der Waals surface area (Å²) in [6, 6.07) is 20.8. The highest BCUT2D eigenvalue weighted by molar-refractivity contribution is 5.93. The largest absolute Gasteiger partial charge is 0.483 e. The average Bonchev–Trinajstić information content (AvgIpc) is 2.66. The summed E-state index contributed by atoms with van der Waals surface area (Å²) in [5.41, 5.74) is 3.90. The first-order chi connectivity index (χ1) is 13.0. The summed E-state index contributed by atoms with van der Waals surface area (Å²) < 4.78 is 11.6. The van der Waals surface area contributed by atoms with Crippen molar-refractivity contribution in [1.82, 2.24) is 0 Å². The van der Waals surface area contributed by atoms with Crippen LogP contribution in [0.15, 0.2) is 66.7 Å². The van der Waals surface area contributed by atoms with Crippen molar-refractivity contribution in [1.29, 1.82) is 0 Å². The van der Waals surface area contributed by atoms with Crippen LogP contribution in [-0.4, -0.2) is 12.5 Å². The van der Waals surface area contributed by atoms with Gasteiger partial charge in [0.25, 0.3) is 5.91 Å². The number of hydrogen-bond acceptors (Lipinski definition) is 3. The zero-order valence-electron chi connectivity index (χ0n) is 15.8. The molecular formula is C23H23NO3. The molecule has 3 aromatic carbocycles. The van der Waals surface area contributed by atoms with E-state index in [-0.39, 0.29) is 12.5 Å². The number of benzene rings is 3. The fraction of sp³-hybridized carbons (Fsp3) is 0.174. The van der Waals surface area contributed by atoms with E-state index in [1.807, 2.05) is 75.4 Å². The molecule has 0 radical (unpaired) electrons. The van der Waals surface area contributed by atoms with Crippen molar-refractivity contribution < 1.29 is 14.3 Å². The van der Waals surface area contributed by atoms with Crippen LogP contribution >= 0.6 is 0 Å². The molecule has 0 saturated carbocycles. The van der Waals surface area contributed by atoms with Gasteiger partial charge < -0.3 is 14.8 Å². The number of rotatable bonds is 6. The van der Waals surface area contributed by atoms with Gasteiger partial charge in [-0.1, -0.05) is 36.4 Å². The SMILES string of the molecule is Cc1cc(C)c(C)c(OCC(=O)Nc2ccccc2Oc2ccccc2)c1. The molecule has 0 bridgehead atoms. The van der Waals surface area contributed by atoms with E-state index in [0.29, 0.717) is 17.2 Å². The number of aryl methyl sites for hydroxylation is 2. The van der Waals surface area contributed by atoms with Crippen molar-refractivity contribution in [2.75, 3.05) is 11.9 Å². The van der Waals surface area contributed by atoms with Crippen molar-refractivity contribution in [3.8, 4) is 17.2 Å². The van der Waals surface area contributed by atoms with Crippen LogP contribution in [-0.2, 0) is 4.79 Å². The number of anilines is 1. The van der Waals surface area contributed by atoms with Crippen molar-refractivity contribution in [3.63, 3.8) is 0 Å². The predicted molar refractivity (Wildman–Crippen MR) is 108 cm³/mol. The summed E-state index contributed by atoms with van der Waals surface area (Å²) in [4.78, 5) is 12.4. The maximum atomic E-state index is 12.4. The summed E-state index contributed by atoms with van der Waals surface area (Å²) in [6.07, 6.45) is 0. The monoisotopic (exact) mass is 361 g/mol. The minimum absolute atomic E-state index is 0.0661. The smallest absolute Gasteiger partial charge is 0.262 e. The molecule has 0 aliphatic heterocycles. The van der Waals surface area contributed by atoms with E-state index in [0.717, 1.165) is 22.4 Å². The van der Waals surface area contributed by atoms with Gasteiger partial charge in [-0.25, -0.2) is 0 Å². The molecule has 4 heteroatoms. The zero-order chi connectivity index (χ0) is 19.2. The molecule has 3 aromatic rings. The molecule has 138 valence electrons. The summed E-state index contributed by atoms with van der Waals surface area (Å²) in [6.45, 7) is 5.97. The summed E-state index contributed by atoms with van der Waals surface area (Å²) in [7, 11) is 0. The molecular weight excluding hydrogens is 338 g/mol. The number of para-hydroxylation sites is 3. The molecule has 0 aliphatic rings. The van der Waals surface area contributed by atoms with Crippen LogP contribution in [0, 0.1) is 20.8 Å². The van der Waals surface area contributed by atoms with E-state index in [4.69, 9.17) is 9.47 Å². The van der Waals surface area contributed by atoms with E-state index < -0.39 is 0 Å². The van der Waals surface area contributed by atoms with Gasteiger partial charge in [-0.2, -0.15) is 0 Å². The van der Waals surface area contributed by atoms with Crippen molar-refractivity contribution in [3.05, 3.63) is 83.4 Å². The summed E-state index contributed by atoms with van der Waals surface area (Å²) in [5.74, 6) is 1.79. The predicted octanol–water partition coefficient (Wildman–Crippen LogP) is 5.42. The van der Waals surface area contributed by atoms with E-state index in [1.165, 1.54) is 0 Å². The molecule has 0 fully saturated rings. The van der Waals surface area contributed by atoms with E-state index in [2.05, 4.69) is 11.4 Å². The lowest BCUT2D eigenvalue weighted by Gasteiger charge is -2.14. The molecule has 27 heavy (non-hydrogen) atoms. The first-order valence-electron chi connectivity index (χ1n) is 8.85. The van der Waals surface area contributed by atoms with Gasteiger partial charge in [-0.3, -0.25) is 4.79 Å². The van der Waals surface area contributed by atoms with Crippen LogP contribution in [0.5, 0.6) is 17.2 Å². The van der Waals surface area contributed by atoms with E-state index in [9.17, 15) is 4.79 Å². The number of carbonyl (C=O) groups is 1. The highest BCUT2D eigenvalue weighted by atomic mass is 16.5. The molecule has 1 amide bonds. The van der Waals surface area contributed by atoms with Gasteiger partial charge >= 0.3 is 0 Å². The van der Waals surface area contributed by atoms with Crippen molar-refractivity contribution in [2.24, 2.45) is 0 Å². The first-order valence-corrected chi connectivity index (χ1v) is 8.85. The molecule has 1 N–H and O–H groups in total. The van der Waals surface area contributed by atoms with Crippen molar-refractivity contribution in [2.45, 2.75) is 20.8 Å². The van der Waals surface area contributed by atoms with Crippen LogP contribution in [0.3, 0.4) is 0 Å². The molecule has 0 saturated heterocycles. The minimum Gasteiger partial charge on any atom is -0.483 e. The molecule has 0 aromatic heterocycles. The van der Waals surface area contributed by atoms with Crippen LogP contribution < -0.4 is 14.8 Å². The summed E-state index contributed by atoms with van der Waals surface area (Å²) >= 11 is 0. The molecule has 0 heterocycles. The fourth-order valence-electron chi connectivity index (χ4n) is 2.75. The highest BCUT2D eigenvalue weighted by Crippen LogP contribution is 2.29. The lowest BCUT2D eigenvalue weighted by atomic mass is 10.1. The van der Waals surface area contributed by atoms with Crippen LogP contribution in [0.4, 0.5) is 5.69 Å². The Bertz CT molecular complexity index is 936. The number of ether oxygens (including phenoxy) is 2. The van der Waals surface area contributed by atoms with Crippen molar-refractivity contribution >= 4 is 11.6 Å². The first kappa shape index (κ1) is 18.5. The molecule has 0 aliphatic carbocycles. The molecule has 0 atom stereocenters. The maximum Gasteiger partial charge on any atom is 0.262 e. The lowest BCUT2D eigenvalue weighted by molar-refractivity contribution is -0.118. The van der Waals surface area contributed by atoms with Gasteiger partial charge in [-0.15, -0.1) is 0 Å². The van der Waals surface area contributed by atoms with E-state index >= 15 is 0 Å². The van der Waals surface area contributed by atoms with Crippen LogP contribution in [0.25, 0.3) is 0 Å². The van der Waals surface area contributed by atoms with Gasteiger partial charge in [0.05, 0.1) is 5.69 Å². The fourth-order valence-corrected chi connectivity index (χ4v) is 2.75. The zero-order valence-corrected chi connectivity index (χ0v) is 15.8. The third-order valence-corrected chi connectivity index (χ3v) is 4.25. The van der Waals surface area contributed by atoms with Crippen LogP contribution in [0.2, 0.25) is 0 Å². The minimum atomic E-state index is -0.238.